The number of methoxy groups -OCH3 is 1. The van der Waals surface area contributed by atoms with Crippen molar-refractivity contribution in [2.45, 2.75) is 60.4 Å². The van der Waals surface area contributed by atoms with Crippen molar-refractivity contribution in [2.75, 3.05) is 62.0 Å². The first-order valence-corrected chi connectivity index (χ1v) is 13.4. The summed E-state index contributed by atoms with van der Waals surface area (Å²) in [4.78, 5) is 18.2. The Balaban J connectivity index is 1.77. The zero-order valence-electron chi connectivity index (χ0n) is 24.1. The van der Waals surface area contributed by atoms with Gasteiger partial charge < -0.3 is 19.3 Å². The van der Waals surface area contributed by atoms with Crippen LogP contribution in [0.25, 0.3) is 5.65 Å². The Morgan fingerprint density at radius 2 is 1.82 bits per heavy atom. The summed E-state index contributed by atoms with van der Waals surface area (Å²) in [5.74, 6) is 1.92. The molecule has 1 saturated heterocycles. The van der Waals surface area contributed by atoms with Gasteiger partial charge in [-0.2, -0.15) is 0 Å². The summed E-state index contributed by atoms with van der Waals surface area (Å²) in [6, 6.07) is 3.88. The Kier molecular flexibility index (Phi) is 7.83. The molecule has 0 spiro atoms. The number of nitrogens with zero attached hydrogens (tertiary/aromatic N) is 6. The van der Waals surface area contributed by atoms with Gasteiger partial charge in [0, 0.05) is 48.4 Å². The van der Waals surface area contributed by atoms with Crippen LogP contribution in [0.1, 0.15) is 61.7 Å². The van der Waals surface area contributed by atoms with E-state index in [1.807, 2.05) is 19.1 Å². The maximum Gasteiger partial charge on any atom is 0.401 e. The lowest BCUT2D eigenvalue weighted by atomic mass is 9.84. The van der Waals surface area contributed by atoms with Gasteiger partial charge in [0.1, 0.15) is 5.75 Å². The average Bonchev–Trinajstić information content (AvgIpc) is 3.21. The second-order valence-corrected chi connectivity index (χ2v) is 10.8. The van der Waals surface area contributed by atoms with Gasteiger partial charge in [-0.05, 0) is 45.2 Å². The first kappa shape index (κ1) is 27.6. The van der Waals surface area contributed by atoms with Crippen molar-refractivity contribution in [3.8, 4) is 5.75 Å². The molecule has 0 atom stereocenters. The van der Waals surface area contributed by atoms with E-state index in [0.717, 1.165) is 60.1 Å². The van der Waals surface area contributed by atoms with E-state index in [2.05, 4.69) is 51.3 Å². The fourth-order valence-corrected chi connectivity index (χ4v) is 5.02. The molecule has 0 unspecified atom stereocenters. The molecule has 1 aromatic carbocycles. The van der Waals surface area contributed by atoms with Crippen LogP contribution in [0.15, 0.2) is 12.1 Å². The van der Waals surface area contributed by atoms with Gasteiger partial charge in [0.25, 0.3) is 5.65 Å². The fourth-order valence-electron chi connectivity index (χ4n) is 5.02. The largest absolute Gasteiger partial charge is 0.494 e. The van der Waals surface area contributed by atoms with E-state index >= 15 is 0 Å². The maximum atomic E-state index is 13.7. The lowest BCUT2D eigenvalue weighted by Gasteiger charge is -2.33. The zero-order chi connectivity index (χ0) is 27.8. The molecule has 0 bridgehead atoms. The number of morpholine rings is 1. The van der Waals surface area contributed by atoms with Crippen molar-refractivity contribution >= 4 is 28.9 Å². The van der Waals surface area contributed by atoms with Crippen LogP contribution in [0, 0.1) is 13.8 Å². The van der Waals surface area contributed by atoms with Crippen LogP contribution >= 0.6 is 0 Å². The predicted molar refractivity (Wildman–Crippen MR) is 150 cm³/mol. The topological polar surface area (TPSA) is 102 Å². The zero-order valence-corrected chi connectivity index (χ0v) is 24.1. The molecule has 0 saturated carbocycles. The summed E-state index contributed by atoms with van der Waals surface area (Å²) >= 11 is 0. The van der Waals surface area contributed by atoms with Crippen molar-refractivity contribution in [2.24, 2.45) is 0 Å². The highest BCUT2D eigenvalue weighted by Crippen LogP contribution is 2.40. The average molecular weight is 525 g/mol. The monoisotopic (exact) mass is 524 g/mol. The first-order chi connectivity index (χ1) is 18.0. The number of ether oxygens (including phenoxy) is 2. The summed E-state index contributed by atoms with van der Waals surface area (Å²) in [5, 5.41) is 9.52. The highest BCUT2D eigenvalue weighted by atomic mass is 16.5. The Labute approximate surface area is 225 Å². The maximum absolute atomic E-state index is 13.7. The minimum Gasteiger partial charge on any atom is -0.494 e. The number of carbonyl (C=O) groups excluding carboxylic acids is 1. The highest BCUT2D eigenvalue weighted by molar-refractivity contribution is 5.97. The van der Waals surface area contributed by atoms with Crippen LogP contribution < -0.4 is 25.0 Å². The van der Waals surface area contributed by atoms with Gasteiger partial charge in [-0.25, -0.2) is 0 Å². The van der Waals surface area contributed by atoms with E-state index in [0.29, 0.717) is 30.4 Å². The molecule has 0 amide bonds. The number of nitrogen functional groups attached to an aromatic ring is 1. The molecule has 10 nitrogen and oxygen atoms in total. The van der Waals surface area contributed by atoms with Crippen LogP contribution in [0.3, 0.4) is 0 Å². The van der Waals surface area contributed by atoms with Gasteiger partial charge in [-0.15, -0.1) is 4.68 Å². The summed E-state index contributed by atoms with van der Waals surface area (Å²) in [6.45, 7) is 19.1. The Bertz CT molecular complexity index is 1330. The third-order valence-corrected chi connectivity index (χ3v) is 7.44. The molecular formula is C28H42N7O3+. The molecule has 1 fully saturated rings. The summed E-state index contributed by atoms with van der Waals surface area (Å²) in [6.07, 6.45) is 0. The molecule has 38 heavy (non-hydrogen) atoms. The molecule has 1 aliphatic heterocycles. The standard InChI is InChI=1S/C28H41N7O3/c1-9-32(10-2)25-18(3)19(4)26-30-34(27(29)35(26)31-25)17-23(36)20-15-21(28(5,6)7)24(37-8)22(16-20)33-11-13-38-14-12-33/h15-16,29H,9-14,17H2,1-8H3/p+1. The number of Topliss-reactive ketones (excluding diaryl/α,β-unsaturated/α-hetero) is 1. The molecule has 3 aromatic rings. The first-order valence-electron chi connectivity index (χ1n) is 13.4. The van der Waals surface area contributed by atoms with Gasteiger partial charge in [0.05, 0.1) is 26.0 Å². The molecule has 206 valence electrons. The van der Waals surface area contributed by atoms with Gasteiger partial charge >= 0.3 is 5.95 Å². The van der Waals surface area contributed by atoms with Crippen LogP contribution in [-0.4, -0.2) is 67.0 Å². The lowest BCUT2D eigenvalue weighted by Crippen LogP contribution is -2.42. The normalized spacial score (nSPS) is 14.3. The quantitative estimate of drug-likeness (QED) is 0.354. The van der Waals surface area contributed by atoms with Gasteiger partial charge in [0.2, 0.25) is 0 Å². The van der Waals surface area contributed by atoms with E-state index < -0.39 is 0 Å². The number of fused-ring (bicyclic) bond motifs is 1. The number of aromatic nitrogens is 4. The second kappa shape index (κ2) is 10.8. The fraction of sp³-hybridized carbons (Fsp3) is 0.571. The van der Waals surface area contributed by atoms with E-state index in [1.165, 1.54) is 0 Å². The van der Waals surface area contributed by atoms with E-state index in [1.54, 1.807) is 16.3 Å². The van der Waals surface area contributed by atoms with E-state index in [9.17, 15) is 4.79 Å². The highest BCUT2D eigenvalue weighted by Gasteiger charge is 2.29. The Hall–Kier alpha value is -3.40. The smallest absolute Gasteiger partial charge is 0.401 e. The van der Waals surface area contributed by atoms with E-state index in [-0.39, 0.29) is 17.7 Å². The number of anilines is 3. The number of ketones is 1. The third-order valence-electron chi connectivity index (χ3n) is 7.44. The molecule has 4 rings (SSSR count). The lowest BCUT2D eigenvalue weighted by molar-refractivity contribution is -0.723. The summed E-state index contributed by atoms with van der Waals surface area (Å²) in [7, 11) is 1.69. The summed E-state index contributed by atoms with van der Waals surface area (Å²) in [5.41, 5.74) is 11.5. The van der Waals surface area contributed by atoms with E-state index in [4.69, 9.17) is 25.4 Å². The molecule has 0 aliphatic carbocycles. The molecule has 0 radical (unpaired) electrons. The minimum absolute atomic E-state index is 0.00669. The number of benzene rings is 1. The predicted octanol–water partition coefficient (Wildman–Crippen LogP) is 3.09. The number of hydrogen-bond acceptors (Lipinski definition) is 8. The number of rotatable bonds is 8. The molecule has 3 heterocycles. The number of carbonyl (C=O) groups is 1. The molecule has 2 N–H and O–H groups in total. The van der Waals surface area contributed by atoms with Crippen molar-refractivity contribution in [1.82, 2.24) is 14.7 Å². The molecule has 10 heteroatoms. The number of hydrogen-bond donors (Lipinski definition) is 1. The van der Waals surface area contributed by atoms with Gasteiger partial charge in [0.15, 0.2) is 18.1 Å². The molecule has 2 aromatic heterocycles. The van der Waals surface area contributed by atoms with Crippen molar-refractivity contribution in [3.05, 3.63) is 34.4 Å². The number of aryl methyl sites for hydroxylation is 1. The number of nitrogens with two attached hydrogens (primary N) is 1. The molecular weight excluding hydrogens is 482 g/mol. The van der Waals surface area contributed by atoms with Crippen molar-refractivity contribution in [1.29, 1.82) is 0 Å². The summed E-state index contributed by atoms with van der Waals surface area (Å²) < 4.78 is 14.7. The van der Waals surface area contributed by atoms with Crippen LogP contribution in [-0.2, 0) is 16.7 Å². The third kappa shape index (κ3) is 5.01. The Morgan fingerprint density at radius 1 is 1.16 bits per heavy atom. The van der Waals surface area contributed by atoms with Crippen molar-refractivity contribution in [3.63, 3.8) is 0 Å². The molecule has 1 aliphatic rings. The van der Waals surface area contributed by atoms with Crippen molar-refractivity contribution < 1.29 is 19.0 Å². The SMILES string of the molecule is CCN(CC)c1nn2c(N)[n+](CC(=O)c3cc(N4CCOCC4)c(OC)c(C(C)(C)C)c3)nc2c(C)c1C. The van der Waals surface area contributed by atoms with Gasteiger partial charge in [-0.3, -0.25) is 10.5 Å². The Morgan fingerprint density at radius 3 is 2.39 bits per heavy atom. The van der Waals surface area contributed by atoms with Crippen LogP contribution in [0.5, 0.6) is 5.75 Å². The van der Waals surface area contributed by atoms with Gasteiger partial charge in [-0.1, -0.05) is 35.5 Å². The minimum atomic E-state index is -0.225. The van der Waals surface area contributed by atoms with Crippen LogP contribution in [0.4, 0.5) is 17.5 Å². The van der Waals surface area contributed by atoms with Crippen LogP contribution in [0.2, 0.25) is 0 Å². The second-order valence-electron chi connectivity index (χ2n) is 10.8.